The van der Waals surface area contributed by atoms with Crippen molar-refractivity contribution >= 4 is 23.5 Å². The molecule has 22 heavy (non-hydrogen) atoms. The van der Waals surface area contributed by atoms with Crippen LogP contribution in [0, 0.1) is 0 Å². The van der Waals surface area contributed by atoms with E-state index in [1.54, 1.807) is 4.90 Å². The number of nitrogens with one attached hydrogen (secondary N) is 1. The summed E-state index contributed by atoms with van der Waals surface area (Å²) >= 11 is 1.85. The minimum Gasteiger partial charge on any atom is -0.444 e. The molecule has 5 heteroatoms. The number of nitrogens with zero attached hydrogens (tertiary/aromatic N) is 1. The summed E-state index contributed by atoms with van der Waals surface area (Å²) in [6.45, 7) is 7.03. The number of thioether (sulfide) groups is 1. The molecule has 3 rings (SSSR count). The van der Waals surface area contributed by atoms with Gasteiger partial charge in [0.1, 0.15) is 5.60 Å². The summed E-state index contributed by atoms with van der Waals surface area (Å²) in [5.41, 5.74) is 2.12. The van der Waals surface area contributed by atoms with Crippen molar-refractivity contribution in [3.05, 3.63) is 35.9 Å². The van der Waals surface area contributed by atoms with Crippen LogP contribution in [0.4, 0.5) is 10.5 Å². The first-order chi connectivity index (χ1) is 10.4. The van der Waals surface area contributed by atoms with Gasteiger partial charge in [0.25, 0.3) is 0 Å². The molecule has 2 heterocycles. The largest absolute Gasteiger partial charge is 0.444 e. The maximum absolute atomic E-state index is 12.1. The fraction of sp³-hybridized carbons (Fsp3) is 0.471. The van der Waals surface area contributed by atoms with Gasteiger partial charge in [-0.15, -0.1) is 0 Å². The summed E-state index contributed by atoms with van der Waals surface area (Å²) in [6.07, 6.45) is 2.82. The second-order valence-corrected chi connectivity index (χ2v) is 7.74. The first-order valence-corrected chi connectivity index (χ1v) is 8.49. The lowest BCUT2D eigenvalue weighted by atomic mass is 10.1. The minimum absolute atomic E-state index is 0.224. The lowest BCUT2D eigenvalue weighted by Crippen LogP contribution is -2.40. The molecule has 0 saturated heterocycles. The number of hydrogen-bond donors (Lipinski definition) is 1. The highest BCUT2D eigenvalue weighted by atomic mass is 32.2. The van der Waals surface area contributed by atoms with Crippen LogP contribution in [0.2, 0.25) is 0 Å². The van der Waals surface area contributed by atoms with Gasteiger partial charge in [0.2, 0.25) is 0 Å². The predicted octanol–water partition coefficient (Wildman–Crippen LogP) is 4.10. The number of amides is 1. The van der Waals surface area contributed by atoms with Crippen molar-refractivity contribution in [2.24, 2.45) is 0 Å². The Balaban J connectivity index is 1.60. The van der Waals surface area contributed by atoms with Crippen LogP contribution >= 0.6 is 11.8 Å². The molecule has 1 aromatic carbocycles. The summed E-state index contributed by atoms with van der Waals surface area (Å²) in [6, 6.07) is 8.37. The molecule has 1 unspecified atom stereocenters. The van der Waals surface area contributed by atoms with Crippen molar-refractivity contribution < 1.29 is 9.53 Å². The number of anilines is 1. The van der Waals surface area contributed by atoms with Crippen LogP contribution in [0.25, 0.3) is 0 Å². The van der Waals surface area contributed by atoms with Gasteiger partial charge < -0.3 is 15.0 Å². The molecule has 0 bridgehead atoms. The molecular formula is C17H22N2O2S. The van der Waals surface area contributed by atoms with Crippen LogP contribution in [0.3, 0.4) is 0 Å². The van der Waals surface area contributed by atoms with Crippen LogP contribution in [0.1, 0.15) is 27.2 Å². The van der Waals surface area contributed by atoms with E-state index in [4.69, 9.17) is 4.74 Å². The van der Waals surface area contributed by atoms with Crippen molar-refractivity contribution in [2.45, 2.75) is 43.1 Å². The summed E-state index contributed by atoms with van der Waals surface area (Å²) < 4.78 is 5.43. The summed E-state index contributed by atoms with van der Waals surface area (Å²) in [4.78, 5) is 15.1. The Morgan fingerprint density at radius 2 is 2.14 bits per heavy atom. The number of carbonyl (C=O) groups excluding carboxylic acids is 1. The maximum Gasteiger partial charge on any atom is 0.410 e. The number of ether oxygens (including phenoxy) is 1. The molecule has 0 radical (unpaired) electrons. The fourth-order valence-electron chi connectivity index (χ4n) is 2.57. The van der Waals surface area contributed by atoms with Gasteiger partial charge in [-0.2, -0.15) is 0 Å². The fourth-order valence-corrected chi connectivity index (χ4v) is 3.79. The predicted molar refractivity (Wildman–Crippen MR) is 90.2 cm³/mol. The second-order valence-electron chi connectivity index (χ2n) is 6.59. The van der Waals surface area contributed by atoms with E-state index in [0.717, 1.165) is 13.0 Å². The van der Waals surface area contributed by atoms with Gasteiger partial charge in [0.15, 0.2) is 0 Å². The molecule has 2 aliphatic rings. The maximum atomic E-state index is 12.1. The SMILES string of the molecule is CC(C)(C)OC(=O)N1CC=C(C2Nc3ccccc3S2)CC1. The van der Waals surface area contributed by atoms with Crippen molar-refractivity contribution in [1.82, 2.24) is 4.90 Å². The standard InChI is InChI=1S/C17H22N2O2S/c1-17(2,3)21-16(20)19-10-8-12(9-11-19)15-18-13-6-4-5-7-14(13)22-15/h4-8,15,18H,9-11H2,1-3H3. The van der Waals surface area contributed by atoms with Gasteiger partial charge in [0.05, 0.1) is 5.37 Å². The molecule has 118 valence electrons. The second kappa shape index (κ2) is 5.88. The van der Waals surface area contributed by atoms with Gasteiger partial charge in [-0.25, -0.2) is 4.79 Å². The molecule has 4 nitrogen and oxygen atoms in total. The minimum atomic E-state index is -0.439. The van der Waals surface area contributed by atoms with Crippen molar-refractivity contribution in [3.8, 4) is 0 Å². The number of fused-ring (bicyclic) bond motifs is 1. The third-order valence-electron chi connectivity index (χ3n) is 3.65. The molecule has 0 saturated carbocycles. The van der Waals surface area contributed by atoms with Crippen LogP contribution in [0.15, 0.2) is 40.8 Å². The monoisotopic (exact) mass is 318 g/mol. The van der Waals surface area contributed by atoms with Crippen molar-refractivity contribution in [1.29, 1.82) is 0 Å². The van der Waals surface area contributed by atoms with E-state index in [0.29, 0.717) is 6.54 Å². The first-order valence-electron chi connectivity index (χ1n) is 7.61. The number of rotatable bonds is 1. The molecule has 0 fully saturated rings. The number of carbonyl (C=O) groups is 1. The molecule has 1 amide bonds. The number of benzene rings is 1. The number of hydrogen-bond acceptors (Lipinski definition) is 4. The molecule has 1 aromatic rings. The van der Waals surface area contributed by atoms with Gasteiger partial charge >= 0.3 is 6.09 Å². The first kappa shape index (κ1) is 15.3. The van der Waals surface area contributed by atoms with E-state index in [-0.39, 0.29) is 11.5 Å². The Morgan fingerprint density at radius 1 is 1.36 bits per heavy atom. The van der Waals surface area contributed by atoms with Crippen LogP contribution in [-0.4, -0.2) is 35.1 Å². The molecule has 2 aliphatic heterocycles. The Bertz CT molecular complexity index is 582. The highest BCUT2D eigenvalue weighted by Gasteiger charge is 2.28. The van der Waals surface area contributed by atoms with Gasteiger partial charge in [0, 0.05) is 23.7 Å². The quantitative estimate of drug-likeness (QED) is 0.792. The average molecular weight is 318 g/mol. The Labute approximate surface area is 135 Å². The Morgan fingerprint density at radius 3 is 2.77 bits per heavy atom. The van der Waals surface area contributed by atoms with Gasteiger partial charge in [-0.1, -0.05) is 30.0 Å². The zero-order valence-corrected chi connectivity index (χ0v) is 14.1. The highest BCUT2D eigenvalue weighted by Crippen LogP contribution is 2.42. The number of para-hydroxylation sites is 1. The Hall–Kier alpha value is -1.62. The smallest absolute Gasteiger partial charge is 0.410 e. The normalized spacial score (nSPS) is 21.0. The molecule has 0 aromatic heterocycles. The molecule has 0 spiro atoms. The lowest BCUT2D eigenvalue weighted by Gasteiger charge is -2.30. The molecule has 0 aliphatic carbocycles. The molecule has 1 N–H and O–H groups in total. The van der Waals surface area contributed by atoms with Crippen molar-refractivity contribution in [3.63, 3.8) is 0 Å². The average Bonchev–Trinajstić information content (AvgIpc) is 2.89. The van der Waals surface area contributed by atoms with E-state index < -0.39 is 5.60 Å². The zero-order chi connectivity index (χ0) is 15.7. The van der Waals surface area contributed by atoms with E-state index >= 15 is 0 Å². The van der Waals surface area contributed by atoms with Crippen LogP contribution < -0.4 is 5.32 Å². The van der Waals surface area contributed by atoms with E-state index in [1.165, 1.54) is 16.2 Å². The highest BCUT2D eigenvalue weighted by molar-refractivity contribution is 8.00. The third-order valence-corrected chi connectivity index (χ3v) is 4.92. The van der Waals surface area contributed by atoms with E-state index in [2.05, 4.69) is 29.6 Å². The molecule has 1 atom stereocenters. The van der Waals surface area contributed by atoms with Crippen LogP contribution in [0.5, 0.6) is 0 Å². The van der Waals surface area contributed by atoms with Gasteiger partial charge in [-0.05, 0) is 44.9 Å². The lowest BCUT2D eigenvalue weighted by molar-refractivity contribution is 0.0265. The van der Waals surface area contributed by atoms with E-state index in [9.17, 15) is 4.79 Å². The summed E-state index contributed by atoms with van der Waals surface area (Å²) in [5.74, 6) is 0. The zero-order valence-electron chi connectivity index (χ0n) is 13.3. The van der Waals surface area contributed by atoms with Gasteiger partial charge in [-0.3, -0.25) is 0 Å². The topological polar surface area (TPSA) is 41.6 Å². The van der Waals surface area contributed by atoms with E-state index in [1.807, 2.05) is 38.6 Å². The Kier molecular flexibility index (Phi) is 4.08. The molecular weight excluding hydrogens is 296 g/mol. The van der Waals surface area contributed by atoms with Crippen molar-refractivity contribution in [2.75, 3.05) is 18.4 Å². The summed E-state index contributed by atoms with van der Waals surface area (Å²) in [5, 5.41) is 3.84. The van der Waals surface area contributed by atoms with Crippen LogP contribution in [-0.2, 0) is 4.74 Å². The third kappa shape index (κ3) is 3.40. The summed E-state index contributed by atoms with van der Waals surface area (Å²) in [7, 11) is 0.